The number of thioether (sulfide) groups is 1. The summed E-state index contributed by atoms with van der Waals surface area (Å²) in [5, 5.41) is 0. The number of hydrogen-bond donors (Lipinski definition) is 0. The quantitative estimate of drug-likeness (QED) is 0.750. The van der Waals surface area contributed by atoms with Crippen molar-refractivity contribution in [2.24, 2.45) is 0 Å². The van der Waals surface area contributed by atoms with Crippen LogP contribution in [0.5, 0.6) is 0 Å². The molecule has 0 bridgehead atoms. The maximum Gasteiger partial charge on any atom is 0.0105 e. The van der Waals surface area contributed by atoms with E-state index in [-0.39, 0.29) is 0 Å². The summed E-state index contributed by atoms with van der Waals surface area (Å²) in [5.41, 5.74) is 2.66. The second-order valence-electron chi connectivity index (χ2n) is 3.83. The summed E-state index contributed by atoms with van der Waals surface area (Å²) in [4.78, 5) is 1.34. The Morgan fingerprint density at radius 3 is 2.12 bits per heavy atom. The molecule has 2 aromatic rings. The molecule has 0 atom stereocenters. The number of rotatable bonds is 4. The molecule has 0 unspecified atom stereocenters. The molecule has 0 radical (unpaired) electrons. The molecule has 0 amide bonds. The normalized spacial score (nSPS) is 11.5. The molecule has 0 heterocycles. The van der Waals surface area contributed by atoms with Crippen LogP contribution in [0, 0.1) is 0 Å². The number of benzene rings is 2. The Hall–Kier alpha value is -1.47. The van der Waals surface area contributed by atoms with Crippen LogP contribution in [0.3, 0.4) is 0 Å². The van der Waals surface area contributed by atoms with Crippen molar-refractivity contribution in [2.45, 2.75) is 6.42 Å². The Labute approximate surface area is 107 Å². The van der Waals surface area contributed by atoms with E-state index >= 15 is 0 Å². The van der Waals surface area contributed by atoms with Crippen molar-refractivity contribution < 1.29 is 0 Å². The van der Waals surface area contributed by atoms with Crippen LogP contribution >= 0.6 is 11.8 Å². The van der Waals surface area contributed by atoms with Gasteiger partial charge in [0.05, 0.1) is 0 Å². The predicted molar refractivity (Wildman–Crippen MR) is 78.1 cm³/mol. The van der Waals surface area contributed by atoms with Crippen molar-refractivity contribution in [3.05, 3.63) is 77.9 Å². The highest BCUT2D eigenvalue weighted by Gasteiger charge is 1.98. The van der Waals surface area contributed by atoms with E-state index in [1.165, 1.54) is 16.0 Å². The molecule has 0 aliphatic rings. The van der Waals surface area contributed by atoms with Crippen molar-refractivity contribution in [3.63, 3.8) is 0 Å². The Balaban J connectivity index is 2.14. The zero-order valence-corrected chi connectivity index (χ0v) is 10.8. The Morgan fingerprint density at radius 2 is 1.53 bits per heavy atom. The van der Waals surface area contributed by atoms with Gasteiger partial charge in [-0.2, -0.15) is 0 Å². The van der Waals surface area contributed by atoms with E-state index in [4.69, 9.17) is 0 Å². The lowest BCUT2D eigenvalue weighted by atomic mass is 10.1. The van der Waals surface area contributed by atoms with E-state index in [9.17, 15) is 0 Å². The summed E-state index contributed by atoms with van der Waals surface area (Å²) in [6, 6.07) is 21.1. The minimum Gasteiger partial charge on any atom is -0.129 e. The lowest BCUT2D eigenvalue weighted by molar-refractivity contribution is 1.28. The van der Waals surface area contributed by atoms with Crippen LogP contribution in [0.1, 0.15) is 11.1 Å². The fourth-order valence-corrected chi connectivity index (χ4v) is 2.37. The van der Waals surface area contributed by atoms with Gasteiger partial charge in [-0.3, -0.25) is 0 Å². The third-order valence-corrected chi connectivity index (χ3v) is 3.49. The van der Waals surface area contributed by atoms with Crippen molar-refractivity contribution in [3.8, 4) is 0 Å². The van der Waals surface area contributed by atoms with Crippen LogP contribution in [0.2, 0.25) is 0 Å². The van der Waals surface area contributed by atoms with Gasteiger partial charge in [0.15, 0.2) is 0 Å². The molecule has 0 aliphatic carbocycles. The highest BCUT2D eigenvalue weighted by molar-refractivity contribution is 8.07. The average molecular weight is 240 g/mol. The third kappa shape index (κ3) is 3.50. The van der Waals surface area contributed by atoms with Gasteiger partial charge in [0.25, 0.3) is 0 Å². The highest BCUT2D eigenvalue weighted by Crippen LogP contribution is 2.25. The first kappa shape index (κ1) is 12.0. The lowest BCUT2D eigenvalue weighted by Gasteiger charge is -2.04. The van der Waals surface area contributed by atoms with Gasteiger partial charge in [-0.25, -0.2) is 0 Å². The maximum absolute atomic E-state index is 2.30. The minimum atomic E-state index is 0.992. The molecule has 2 aromatic carbocycles. The van der Waals surface area contributed by atoms with Crippen molar-refractivity contribution >= 4 is 16.7 Å². The molecule has 0 aromatic heterocycles. The Kier molecular flexibility index (Phi) is 4.45. The van der Waals surface area contributed by atoms with E-state index in [0.717, 1.165) is 6.42 Å². The van der Waals surface area contributed by atoms with Gasteiger partial charge in [0.2, 0.25) is 0 Å². The highest BCUT2D eigenvalue weighted by atomic mass is 32.2. The van der Waals surface area contributed by atoms with E-state index in [1.807, 2.05) is 0 Å². The molecule has 0 aliphatic heterocycles. The lowest BCUT2D eigenvalue weighted by Crippen LogP contribution is -1.83. The molecule has 0 saturated carbocycles. The molecular weight excluding hydrogens is 224 g/mol. The molecule has 2 rings (SSSR count). The van der Waals surface area contributed by atoms with E-state index < -0.39 is 0 Å². The second kappa shape index (κ2) is 6.31. The van der Waals surface area contributed by atoms with E-state index in [1.54, 1.807) is 11.8 Å². The monoisotopic (exact) mass is 240 g/mol. The molecule has 0 fully saturated rings. The Morgan fingerprint density at radius 1 is 0.941 bits per heavy atom. The summed E-state index contributed by atoms with van der Waals surface area (Å²) in [5.74, 6) is 0. The fraction of sp³-hybridized carbons (Fsp3) is 0.125. The molecule has 0 saturated heterocycles. The van der Waals surface area contributed by atoms with E-state index in [0.29, 0.717) is 0 Å². The van der Waals surface area contributed by atoms with E-state index in [2.05, 4.69) is 73.0 Å². The van der Waals surface area contributed by atoms with Crippen LogP contribution in [-0.4, -0.2) is 6.26 Å². The maximum atomic E-state index is 2.30. The van der Waals surface area contributed by atoms with Crippen LogP contribution in [0.25, 0.3) is 4.91 Å². The van der Waals surface area contributed by atoms with Crippen LogP contribution < -0.4 is 0 Å². The van der Waals surface area contributed by atoms with Gasteiger partial charge in [-0.05, 0) is 23.8 Å². The van der Waals surface area contributed by atoms with Crippen molar-refractivity contribution in [1.82, 2.24) is 0 Å². The zero-order valence-electron chi connectivity index (χ0n) is 9.97. The first-order valence-electron chi connectivity index (χ1n) is 5.73. The average Bonchev–Trinajstić information content (AvgIpc) is 2.42. The van der Waals surface area contributed by atoms with Gasteiger partial charge in [0, 0.05) is 4.91 Å². The van der Waals surface area contributed by atoms with Gasteiger partial charge < -0.3 is 0 Å². The van der Waals surface area contributed by atoms with Gasteiger partial charge in [-0.15, -0.1) is 11.8 Å². The molecule has 1 heteroatoms. The predicted octanol–water partition coefficient (Wildman–Crippen LogP) is 4.63. The van der Waals surface area contributed by atoms with Gasteiger partial charge >= 0.3 is 0 Å². The summed E-state index contributed by atoms with van der Waals surface area (Å²) < 4.78 is 0. The van der Waals surface area contributed by atoms with Gasteiger partial charge in [-0.1, -0.05) is 66.7 Å². The van der Waals surface area contributed by atoms with Crippen LogP contribution in [0.15, 0.2) is 66.7 Å². The first-order chi connectivity index (χ1) is 8.40. The van der Waals surface area contributed by atoms with Crippen LogP contribution in [0.4, 0.5) is 0 Å². The molecule has 0 spiro atoms. The third-order valence-electron chi connectivity index (χ3n) is 2.64. The fourth-order valence-electron chi connectivity index (χ4n) is 1.75. The summed E-state index contributed by atoms with van der Waals surface area (Å²) in [7, 11) is 0. The molecule has 17 heavy (non-hydrogen) atoms. The minimum absolute atomic E-state index is 0.992. The smallest absolute Gasteiger partial charge is 0.0105 e. The summed E-state index contributed by atoms with van der Waals surface area (Å²) >= 11 is 1.80. The molecule has 0 nitrogen and oxygen atoms in total. The second-order valence-corrected chi connectivity index (χ2v) is 4.68. The standard InChI is InChI=1S/C16H16S/c1-17-16(15-10-6-3-7-11-15)13-12-14-8-4-2-5-9-14/h2-11,13H,12H2,1H3/b16-13-. The topological polar surface area (TPSA) is 0 Å². The molecule has 0 N–H and O–H groups in total. The summed E-state index contributed by atoms with van der Waals surface area (Å²) in [6.07, 6.45) is 5.42. The first-order valence-corrected chi connectivity index (χ1v) is 6.96. The van der Waals surface area contributed by atoms with Gasteiger partial charge in [0.1, 0.15) is 0 Å². The number of allylic oxidation sites excluding steroid dienone is 1. The van der Waals surface area contributed by atoms with Crippen LogP contribution in [-0.2, 0) is 6.42 Å². The molecule has 86 valence electrons. The Bertz CT molecular complexity index is 471. The summed E-state index contributed by atoms with van der Waals surface area (Å²) in [6.45, 7) is 0. The van der Waals surface area contributed by atoms with Crippen molar-refractivity contribution in [1.29, 1.82) is 0 Å². The van der Waals surface area contributed by atoms with Crippen molar-refractivity contribution in [2.75, 3.05) is 6.26 Å². The molecular formula is C16H16S. The zero-order chi connectivity index (χ0) is 11.9. The largest absolute Gasteiger partial charge is 0.129 e. The number of hydrogen-bond acceptors (Lipinski definition) is 1. The SMILES string of the molecule is CS/C(=C\Cc1ccccc1)c1ccccc1.